The number of carbonyl (C=O) groups excluding carboxylic acids is 1. The van der Waals surface area contributed by atoms with Gasteiger partial charge in [0.1, 0.15) is 0 Å². The summed E-state index contributed by atoms with van der Waals surface area (Å²) in [7, 11) is 0. The van der Waals surface area contributed by atoms with Crippen molar-refractivity contribution < 1.29 is 9.90 Å². The first-order valence-corrected chi connectivity index (χ1v) is 5.32. The molecule has 0 aliphatic carbocycles. The third-order valence-corrected chi connectivity index (χ3v) is 2.54. The van der Waals surface area contributed by atoms with Crippen LogP contribution in [0.5, 0.6) is 0 Å². The predicted molar refractivity (Wildman–Crippen MR) is 59.3 cm³/mol. The van der Waals surface area contributed by atoms with Gasteiger partial charge in [-0.25, -0.2) is 0 Å². The number of ketones is 1. The van der Waals surface area contributed by atoms with Crippen LogP contribution in [0.3, 0.4) is 0 Å². The highest BCUT2D eigenvalue weighted by Gasteiger charge is 2.09. The molecule has 1 aromatic carbocycles. The normalized spacial score (nSPS) is 12.5. The first-order valence-electron chi connectivity index (χ1n) is 4.53. The largest absolute Gasteiger partial charge is 0.396 e. The van der Waals surface area contributed by atoms with E-state index >= 15 is 0 Å². The lowest BCUT2D eigenvalue weighted by molar-refractivity contribution is 0.0943. The summed E-state index contributed by atoms with van der Waals surface area (Å²) in [6, 6.07) is 7.26. The fourth-order valence-corrected chi connectivity index (χ4v) is 1.40. The lowest BCUT2D eigenvalue weighted by Crippen LogP contribution is -2.09. The molecule has 1 rings (SSSR count). The standard InChI is InChI=1S/C11H13BrO2/c1-8(7-13)6-11(14)9-2-4-10(12)5-3-9/h2-5,8,13H,6-7H2,1H3. The van der Waals surface area contributed by atoms with Gasteiger partial charge in [-0.15, -0.1) is 0 Å². The van der Waals surface area contributed by atoms with Crippen LogP contribution >= 0.6 is 15.9 Å². The quantitative estimate of drug-likeness (QED) is 0.842. The second-order valence-corrected chi connectivity index (χ2v) is 4.34. The van der Waals surface area contributed by atoms with Crippen molar-refractivity contribution in [3.05, 3.63) is 34.3 Å². The second-order valence-electron chi connectivity index (χ2n) is 3.42. The van der Waals surface area contributed by atoms with Crippen molar-refractivity contribution in [3.63, 3.8) is 0 Å². The minimum atomic E-state index is 0.0335. The Balaban J connectivity index is 2.65. The summed E-state index contributed by atoms with van der Waals surface area (Å²) < 4.78 is 0.962. The van der Waals surface area contributed by atoms with Gasteiger partial charge in [0, 0.05) is 23.1 Å². The second kappa shape index (κ2) is 5.27. The minimum Gasteiger partial charge on any atom is -0.396 e. The molecule has 1 aromatic rings. The molecule has 1 atom stereocenters. The highest BCUT2D eigenvalue weighted by atomic mass is 79.9. The number of carbonyl (C=O) groups is 1. The van der Waals surface area contributed by atoms with E-state index in [1.165, 1.54) is 0 Å². The molecule has 0 aromatic heterocycles. The zero-order chi connectivity index (χ0) is 10.6. The SMILES string of the molecule is CC(CO)CC(=O)c1ccc(Br)cc1. The Hall–Kier alpha value is -0.670. The van der Waals surface area contributed by atoms with Crippen molar-refractivity contribution in [2.45, 2.75) is 13.3 Å². The van der Waals surface area contributed by atoms with E-state index in [0.29, 0.717) is 12.0 Å². The molecular formula is C11H13BrO2. The number of halogens is 1. The molecule has 0 aliphatic heterocycles. The minimum absolute atomic E-state index is 0.0335. The molecule has 3 heteroatoms. The van der Waals surface area contributed by atoms with Crippen LogP contribution < -0.4 is 0 Å². The Morgan fingerprint density at radius 1 is 1.43 bits per heavy atom. The van der Waals surface area contributed by atoms with E-state index in [0.717, 1.165) is 4.47 Å². The molecule has 0 saturated carbocycles. The molecule has 1 N–H and O–H groups in total. The first-order chi connectivity index (χ1) is 6.63. The van der Waals surface area contributed by atoms with E-state index in [9.17, 15) is 4.79 Å². The van der Waals surface area contributed by atoms with Crippen LogP contribution in [0.25, 0.3) is 0 Å². The number of aliphatic hydroxyl groups is 1. The highest BCUT2D eigenvalue weighted by molar-refractivity contribution is 9.10. The van der Waals surface area contributed by atoms with Gasteiger partial charge in [-0.2, -0.15) is 0 Å². The van der Waals surface area contributed by atoms with Crippen molar-refractivity contribution in [3.8, 4) is 0 Å². The molecule has 0 spiro atoms. The van der Waals surface area contributed by atoms with Gasteiger partial charge in [0.15, 0.2) is 5.78 Å². The average Bonchev–Trinajstić information content (AvgIpc) is 2.18. The van der Waals surface area contributed by atoms with Gasteiger partial charge in [-0.05, 0) is 18.1 Å². The maximum Gasteiger partial charge on any atom is 0.163 e. The van der Waals surface area contributed by atoms with Crippen molar-refractivity contribution in [2.75, 3.05) is 6.61 Å². The molecule has 0 heterocycles. The molecule has 0 bridgehead atoms. The van der Waals surface area contributed by atoms with Gasteiger partial charge in [-0.1, -0.05) is 35.0 Å². The van der Waals surface area contributed by atoms with Crippen LogP contribution in [0.15, 0.2) is 28.7 Å². The molecule has 14 heavy (non-hydrogen) atoms. The number of benzene rings is 1. The fourth-order valence-electron chi connectivity index (χ4n) is 1.13. The fraction of sp³-hybridized carbons (Fsp3) is 0.364. The van der Waals surface area contributed by atoms with E-state index in [1.807, 2.05) is 19.1 Å². The lowest BCUT2D eigenvalue weighted by atomic mass is 10.0. The van der Waals surface area contributed by atoms with Crippen LogP contribution in [0.2, 0.25) is 0 Å². The van der Waals surface area contributed by atoms with Crippen molar-refractivity contribution >= 4 is 21.7 Å². The summed E-state index contributed by atoms with van der Waals surface area (Å²) in [6.45, 7) is 1.92. The van der Waals surface area contributed by atoms with E-state index < -0.39 is 0 Å². The average molecular weight is 257 g/mol. The van der Waals surface area contributed by atoms with Crippen LogP contribution in [0.4, 0.5) is 0 Å². The predicted octanol–water partition coefficient (Wildman–Crippen LogP) is 2.65. The lowest BCUT2D eigenvalue weighted by Gasteiger charge is -2.06. The summed E-state index contributed by atoms with van der Waals surface area (Å²) in [6.07, 6.45) is 0.401. The van der Waals surface area contributed by atoms with Gasteiger partial charge in [0.05, 0.1) is 0 Å². The maximum absolute atomic E-state index is 11.6. The van der Waals surface area contributed by atoms with Gasteiger partial charge in [0.2, 0.25) is 0 Å². The summed E-state index contributed by atoms with van der Waals surface area (Å²) in [5, 5.41) is 8.81. The number of Topliss-reactive ketones (excluding diaryl/α,β-unsaturated/α-hetero) is 1. The van der Waals surface area contributed by atoms with Crippen LogP contribution in [0.1, 0.15) is 23.7 Å². The number of hydrogen-bond acceptors (Lipinski definition) is 2. The Morgan fingerprint density at radius 3 is 2.50 bits per heavy atom. The molecule has 76 valence electrons. The van der Waals surface area contributed by atoms with Gasteiger partial charge in [-0.3, -0.25) is 4.79 Å². The van der Waals surface area contributed by atoms with E-state index in [2.05, 4.69) is 15.9 Å². The van der Waals surface area contributed by atoms with Gasteiger partial charge < -0.3 is 5.11 Å². The summed E-state index contributed by atoms with van der Waals surface area (Å²) >= 11 is 3.31. The Labute approximate surface area is 92.1 Å². The van der Waals surface area contributed by atoms with E-state index in [1.54, 1.807) is 12.1 Å². The van der Waals surface area contributed by atoms with E-state index in [-0.39, 0.29) is 18.3 Å². The third kappa shape index (κ3) is 3.24. The Kier molecular flexibility index (Phi) is 4.29. The Morgan fingerprint density at radius 2 is 2.00 bits per heavy atom. The summed E-state index contributed by atoms with van der Waals surface area (Å²) in [4.78, 5) is 11.6. The molecule has 2 nitrogen and oxygen atoms in total. The van der Waals surface area contributed by atoms with Crippen molar-refractivity contribution in [2.24, 2.45) is 5.92 Å². The first kappa shape index (κ1) is 11.4. The summed E-state index contributed by atoms with van der Waals surface area (Å²) in [5.74, 6) is 0.116. The molecular weight excluding hydrogens is 244 g/mol. The smallest absolute Gasteiger partial charge is 0.163 e. The maximum atomic E-state index is 11.6. The molecule has 0 fully saturated rings. The highest BCUT2D eigenvalue weighted by Crippen LogP contribution is 2.13. The molecule has 0 amide bonds. The van der Waals surface area contributed by atoms with Crippen molar-refractivity contribution in [1.29, 1.82) is 0 Å². The molecule has 1 unspecified atom stereocenters. The van der Waals surface area contributed by atoms with Crippen molar-refractivity contribution in [1.82, 2.24) is 0 Å². The molecule has 0 saturated heterocycles. The monoisotopic (exact) mass is 256 g/mol. The number of aliphatic hydroxyl groups excluding tert-OH is 1. The van der Waals surface area contributed by atoms with Gasteiger partial charge in [0.25, 0.3) is 0 Å². The number of rotatable bonds is 4. The van der Waals surface area contributed by atoms with Gasteiger partial charge >= 0.3 is 0 Å². The third-order valence-electron chi connectivity index (χ3n) is 2.01. The molecule has 0 radical (unpaired) electrons. The van der Waals surface area contributed by atoms with Crippen LogP contribution in [0, 0.1) is 5.92 Å². The van der Waals surface area contributed by atoms with Crippen LogP contribution in [-0.2, 0) is 0 Å². The number of hydrogen-bond donors (Lipinski definition) is 1. The zero-order valence-electron chi connectivity index (χ0n) is 8.03. The molecule has 0 aliphatic rings. The Bertz CT molecular complexity index is 306. The summed E-state index contributed by atoms with van der Waals surface area (Å²) in [5.41, 5.74) is 0.702. The topological polar surface area (TPSA) is 37.3 Å². The van der Waals surface area contributed by atoms with E-state index in [4.69, 9.17) is 5.11 Å². The zero-order valence-corrected chi connectivity index (χ0v) is 9.62. The van der Waals surface area contributed by atoms with Crippen LogP contribution in [-0.4, -0.2) is 17.5 Å².